The maximum atomic E-state index is 13.8. The summed E-state index contributed by atoms with van der Waals surface area (Å²) in [5.74, 6) is 0.0371. The van der Waals surface area contributed by atoms with Crippen molar-refractivity contribution in [3.05, 3.63) is 59.4 Å². The van der Waals surface area contributed by atoms with Gasteiger partial charge in [-0.1, -0.05) is 17.8 Å². The first-order valence-corrected chi connectivity index (χ1v) is 8.40. The number of methoxy groups -OCH3 is 1. The number of alkyl halides is 3. The maximum absolute atomic E-state index is 13.8. The van der Waals surface area contributed by atoms with Crippen molar-refractivity contribution in [3.8, 4) is 5.75 Å². The lowest BCUT2D eigenvalue weighted by molar-refractivity contribution is -0.137. The smallest absolute Gasteiger partial charge is 0.416 e. The van der Waals surface area contributed by atoms with Crippen LogP contribution in [0.5, 0.6) is 5.75 Å². The average molecular weight is 383 g/mol. The lowest BCUT2D eigenvalue weighted by Gasteiger charge is -2.15. The molecule has 0 spiro atoms. The van der Waals surface area contributed by atoms with Crippen molar-refractivity contribution < 1.29 is 22.3 Å². The maximum Gasteiger partial charge on any atom is 0.416 e. The van der Waals surface area contributed by atoms with Gasteiger partial charge in [0.25, 0.3) is 0 Å². The number of rotatable bonds is 3. The Hall–Kier alpha value is -2.55. The largest absolute Gasteiger partial charge is 0.494 e. The Bertz CT molecular complexity index is 881. The van der Waals surface area contributed by atoms with Crippen LogP contribution in [0.15, 0.2) is 52.6 Å². The minimum absolute atomic E-state index is 0.137. The molecule has 0 radical (unpaired) electrons. The van der Waals surface area contributed by atoms with Gasteiger partial charge in [0.15, 0.2) is 16.7 Å². The first kappa shape index (κ1) is 18.2. The molecule has 0 aromatic heterocycles. The molecule has 4 nitrogen and oxygen atoms in total. The molecule has 136 valence electrons. The number of hydrogen-bond donors (Lipinski definition) is 1. The summed E-state index contributed by atoms with van der Waals surface area (Å²) in [7, 11) is 1.38. The van der Waals surface area contributed by atoms with Crippen LogP contribution in [0.1, 0.15) is 11.1 Å². The standard InChI is InChI=1S/C17H13F4N3OS/c1-25-15-6-5-10(7-13(15)18)14-9-26-16(24-23-14)22-12-4-2-3-11(8-12)17(19,20)21/h2-8H,9H2,1H3,(H,22,24). The summed E-state index contributed by atoms with van der Waals surface area (Å²) in [6.45, 7) is 0. The van der Waals surface area contributed by atoms with E-state index in [1.165, 1.54) is 43.1 Å². The molecule has 26 heavy (non-hydrogen) atoms. The Morgan fingerprint density at radius 2 is 2.00 bits per heavy atom. The minimum Gasteiger partial charge on any atom is -0.494 e. The number of thioether (sulfide) groups is 1. The summed E-state index contributed by atoms with van der Waals surface area (Å²) < 4.78 is 56.9. The van der Waals surface area contributed by atoms with Gasteiger partial charge in [0.1, 0.15) is 0 Å². The highest BCUT2D eigenvalue weighted by atomic mass is 32.2. The Balaban J connectivity index is 1.77. The van der Waals surface area contributed by atoms with Gasteiger partial charge in [-0.25, -0.2) is 9.38 Å². The molecule has 0 atom stereocenters. The van der Waals surface area contributed by atoms with Crippen LogP contribution < -0.4 is 10.2 Å². The molecule has 1 N–H and O–H groups in total. The van der Waals surface area contributed by atoms with E-state index in [2.05, 4.69) is 15.5 Å². The van der Waals surface area contributed by atoms with Crippen molar-refractivity contribution >= 4 is 28.3 Å². The first-order chi connectivity index (χ1) is 12.4. The van der Waals surface area contributed by atoms with Crippen molar-refractivity contribution in [2.24, 2.45) is 10.1 Å². The van der Waals surface area contributed by atoms with Crippen LogP contribution in [0.25, 0.3) is 0 Å². The molecule has 0 fully saturated rings. The van der Waals surface area contributed by atoms with Gasteiger partial charge in [-0.2, -0.15) is 18.3 Å². The average Bonchev–Trinajstić information content (AvgIpc) is 2.62. The third kappa shape index (κ3) is 4.16. The van der Waals surface area contributed by atoms with E-state index in [-0.39, 0.29) is 11.4 Å². The summed E-state index contributed by atoms with van der Waals surface area (Å²) in [6, 6.07) is 9.22. The van der Waals surface area contributed by atoms with Gasteiger partial charge in [0.2, 0.25) is 0 Å². The number of halogens is 4. The van der Waals surface area contributed by atoms with E-state index >= 15 is 0 Å². The zero-order valence-electron chi connectivity index (χ0n) is 13.5. The number of benzene rings is 2. The molecule has 1 heterocycles. The van der Waals surface area contributed by atoms with Crippen LogP contribution >= 0.6 is 11.8 Å². The molecular weight excluding hydrogens is 370 g/mol. The molecule has 2 aromatic rings. The highest BCUT2D eigenvalue weighted by Gasteiger charge is 2.30. The number of amidine groups is 1. The topological polar surface area (TPSA) is 46.0 Å². The second-order valence-corrected chi connectivity index (χ2v) is 6.24. The fraction of sp³-hybridized carbons (Fsp3) is 0.176. The van der Waals surface area contributed by atoms with E-state index in [0.717, 1.165) is 12.1 Å². The summed E-state index contributed by atoms with van der Waals surface area (Å²) >= 11 is 1.26. The molecule has 0 saturated heterocycles. The summed E-state index contributed by atoms with van der Waals surface area (Å²) in [5.41, 5.74) is 3.27. The van der Waals surface area contributed by atoms with Crippen LogP contribution in [0.3, 0.4) is 0 Å². The second-order valence-electron chi connectivity index (χ2n) is 5.27. The van der Waals surface area contributed by atoms with Crippen LogP contribution in [0.2, 0.25) is 0 Å². The van der Waals surface area contributed by atoms with Gasteiger partial charge in [0.05, 0.1) is 24.1 Å². The zero-order chi connectivity index (χ0) is 18.7. The minimum atomic E-state index is -4.42. The number of nitrogens with one attached hydrogen (secondary N) is 1. The van der Waals surface area contributed by atoms with Crippen molar-refractivity contribution in [3.63, 3.8) is 0 Å². The van der Waals surface area contributed by atoms with Crippen molar-refractivity contribution in [2.75, 3.05) is 12.9 Å². The van der Waals surface area contributed by atoms with Crippen LogP contribution in [0, 0.1) is 5.82 Å². The van der Waals surface area contributed by atoms with Crippen molar-refractivity contribution in [2.45, 2.75) is 6.18 Å². The molecule has 1 aliphatic heterocycles. The van der Waals surface area contributed by atoms with Gasteiger partial charge in [-0.15, -0.1) is 0 Å². The SMILES string of the molecule is COc1ccc(C2=NNC(=Nc3cccc(C(F)(F)F)c3)SC2)cc1F. The number of ether oxygens (including phenoxy) is 1. The Morgan fingerprint density at radius 1 is 1.19 bits per heavy atom. The van der Waals surface area contributed by atoms with E-state index in [1.54, 1.807) is 6.07 Å². The zero-order valence-corrected chi connectivity index (χ0v) is 14.3. The summed E-state index contributed by atoms with van der Waals surface area (Å²) in [5, 5.41) is 4.49. The molecular formula is C17H13F4N3OS. The molecule has 0 aliphatic carbocycles. The third-order valence-corrected chi connectivity index (χ3v) is 4.40. The fourth-order valence-electron chi connectivity index (χ4n) is 2.24. The Morgan fingerprint density at radius 3 is 2.62 bits per heavy atom. The number of nitrogens with zero attached hydrogens (tertiary/aromatic N) is 2. The van der Waals surface area contributed by atoms with Gasteiger partial charge in [0, 0.05) is 11.3 Å². The second kappa shape index (κ2) is 7.36. The van der Waals surface area contributed by atoms with E-state index in [9.17, 15) is 17.6 Å². The van der Waals surface area contributed by atoms with Gasteiger partial charge >= 0.3 is 6.18 Å². The number of hydrazone groups is 1. The monoisotopic (exact) mass is 383 g/mol. The summed E-state index contributed by atoms with van der Waals surface area (Å²) in [4.78, 5) is 4.13. The number of aliphatic imine (C=N–C) groups is 1. The molecule has 0 saturated carbocycles. The first-order valence-electron chi connectivity index (χ1n) is 7.42. The molecule has 9 heteroatoms. The van der Waals surface area contributed by atoms with E-state index in [4.69, 9.17) is 4.74 Å². The van der Waals surface area contributed by atoms with Crippen molar-refractivity contribution in [1.29, 1.82) is 0 Å². The summed E-state index contributed by atoms with van der Waals surface area (Å²) in [6.07, 6.45) is -4.42. The van der Waals surface area contributed by atoms with Gasteiger partial charge in [-0.05, 0) is 36.4 Å². The van der Waals surface area contributed by atoms with Crippen LogP contribution in [-0.2, 0) is 6.18 Å². The van der Waals surface area contributed by atoms with Gasteiger partial charge in [-0.3, -0.25) is 5.43 Å². The highest BCUT2D eigenvalue weighted by Crippen LogP contribution is 2.31. The number of hydrogen-bond acceptors (Lipinski definition) is 4. The molecule has 1 aliphatic rings. The van der Waals surface area contributed by atoms with Crippen molar-refractivity contribution in [1.82, 2.24) is 5.43 Å². The predicted octanol–water partition coefficient (Wildman–Crippen LogP) is 4.58. The predicted molar refractivity (Wildman–Crippen MR) is 93.6 cm³/mol. The third-order valence-electron chi connectivity index (χ3n) is 3.52. The highest BCUT2D eigenvalue weighted by molar-refractivity contribution is 8.14. The normalized spacial score (nSPS) is 16.2. The molecule has 0 unspecified atom stereocenters. The Kier molecular flexibility index (Phi) is 5.17. The molecule has 3 rings (SSSR count). The van der Waals surface area contributed by atoms with Crippen LogP contribution in [-0.4, -0.2) is 23.7 Å². The Labute approximate surface area is 151 Å². The van der Waals surface area contributed by atoms with E-state index in [0.29, 0.717) is 22.2 Å². The van der Waals surface area contributed by atoms with E-state index in [1.807, 2.05) is 0 Å². The van der Waals surface area contributed by atoms with E-state index < -0.39 is 17.6 Å². The molecule has 0 amide bonds. The quantitative estimate of drug-likeness (QED) is 0.789. The molecule has 0 bridgehead atoms. The lowest BCUT2D eigenvalue weighted by Crippen LogP contribution is -2.25. The lowest BCUT2D eigenvalue weighted by atomic mass is 10.1. The van der Waals surface area contributed by atoms with Crippen LogP contribution in [0.4, 0.5) is 23.2 Å². The molecule has 2 aromatic carbocycles. The van der Waals surface area contributed by atoms with Gasteiger partial charge < -0.3 is 4.74 Å². The fourth-order valence-corrected chi connectivity index (χ4v) is 3.02.